The van der Waals surface area contributed by atoms with Gasteiger partial charge in [-0.05, 0) is 31.0 Å². The molecule has 0 saturated heterocycles. The number of aromatic nitrogens is 1. The predicted octanol–water partition coefficient (Wildman–Crippen LogP) is 4.60. The fourth-order valence-corrected chi connectivity index (χ4v) is 2.82. The zero-order valence-electron chi connectivity index (χ0n) is 14.6. The minimum Gasteiger partial charge on any atom is -0.357 e. The van der Waals surface area contributed by atoms with Crippen molar-refractivity contribution in [1.82, 2.24) is 15.6 Å². The van der Waals surface area contributed by atoms with Gasteiger partial charge in [-0.2, -0.15) is 13.2 Å². The van der Waals surface area contributed by atoms with Crippen LogP contribution >= 0.6 is 35.3 Å². The summed E-state index contributed by atoms with van der Waals surface area (Å²) in [5.74, 6) is 0.605. The number of alkyl halides is 3. The van der Waals surface area contributed by atoms with E-state index in [2.05, 4.69) is 27.5 Å². The average Bonchev–Trinajstić information content (AvgIpc) is 3.05. The van der Waals surface area contributed by atoms with Crippen molar-refractivity contribution in [2.45, 2.75) is 39.5 Å². The number of nitrogens with zero attached hydrogens (tertiary/aromatic N) is 2. The van der Waals surface area contributed by atoms with E-state index in [1.807, 2.05) is 12.3 Å². The lowest BCUT2D eigenvalue weighted by Gasteiger charge is -2.11. The number of rotatable bonds is 6. The summed E-state index contributed by atoms with van der Waals surface area (Å²) < 4.78 is 37.7. The van der Waals surface area contributed by atoms with Gasteiger partial charge in [-0.25, -0.2) is 9.98 Å². The fraction of sp³-hybridized carbons (Fsp3) is 0.412. The number of thiazole rings is 1. The van der Waals surface area contributed by atoms with Crippen LogP contribution in [0.5, 0.6) is 0 Å². The topological polar surface area (TPSA) is 49.3 Å². The Kier molecular flexibility index (Phi) is 9.34. The second-order valence-electron chi connectivity index (χ2n) is 5.33. The van der Waals surface area contributed by atoms with E-state index in [1.54, 1.807) is 11.3 Å². The minimum atomic E-state index is -4.32. The van der Waals surface area contributed by atoms with Gasteiger partial charge in [-0.3, -0.25) is 0 Å². The highest BCUT2D eigenvalue weighted by molar-refractivity contribution is 14.0. The highest BCUT2D eigenvalue weighted by Gasteiger charge is 2.29. The van der Waals surface area contributed by atoms with E-state index in [1.165, 1.54) is 12.1 Å². The first kappa shape index (κ1) is 22.7. The van der Waals surface area contributed by atoms with Crippen LogP contribution in [0.2, 0.25) is 0 Å². The molecule has 26 heavy (non-hydrogen) atoms. The van der Waals surface area contributed by atoms with Crippen LogP contribution in [0.3, 0.4) is 0 Å². The van der Waals surface area contributed by atoms with Crippen LogP contribution in [0.4, 0.5) is 13.2 Å². The number of aliphatic imine (C=N–C) groups is 1. The molecule has 2 aromatic rings. The maximum atomic E-state index is 12.6. The third kappa shape index (κ3) is 7.10. The first-order valence-electron chi connectivity index (χ1n) is 8.04. The molecule has 2 N–H and O–H groups in total. The zero-order chi connectivity index (χ0) is 18.3. The van der Waals surface area contributed by atoms with Crippen LogP contribution < -0.4 is 10.6 Å². The smallest absolute Gasteiger partial charge is 0.357 e. The van der Waals surface area contributed by atoms with Gasteiger partial charge in [0.25, 0.3) is 0 Å². The first-order chi connectivity index (χ1) is 11.9. The minimum absolute atomic E-state index is 0. The third-order valence-electron chi connectivity index (χ3n) is 3.38. The van der Waals surface area contributed by atoms with Crippen molar-refractivity contribution in [2.24, 2.45) is 4.99 Å². The monoisotopic (exact) mass is 498 g/mol. The lowest BCUT2D eigenvalue weighted by molar-refractivity contribution is -0.137. The van der Waals surface area contributed by atoms with E-state index >= 15 is 0 Å². The standard InChI is InChI=1S/C17H21F3N4S.HI/c1-3-15-24-14(11-25-15)10-23-16(21-4-2)22-9-12-5-7-13(8-6-12)17(18,19)20;/h5-8,11H,3-4,9-10H2,1-2H3,(H2,21,22,23);1H. The van der Waals surface area contributed by atoms with Crippen LogP contribution in [0, 0.1) is 0 Å². The Labute approximate surface area is 172 Å². The van der Waals surface area contributed by atoms with Crippen molar-refractivity contribution in [1.29, 1.82) is 0 Å². The molecule has 0 unspecified atom stereocenters. The Balaban J connectivity index is 0.00000338. The number of aryl methyl sites for hydroxylation is 1. The summed E-state index contributed by atoms with van der Waals surface area (Å²) in [6.45, 7) is 5.55. The summed E-state index contributed by atoms with van der Waals surface area (Å²) in [6.07, 6.45) is -3.41. The molecule has 0 amide bonds. The van der Waals surface area contributed by atoms with Crippen LogP contribution in [-0.2, 0) is 25.7 Å². The summed E-state index contributed by atoms with van der Waals surface area (Å²) in [7, 11) is 0. The Morgan fingerprint density at radius 1 is 1.15 bits per heavy atom. The van der Waals surface area contributed by atoms with Crippen molar-refractivity contribution in [2.75, 3.05) is 6.54 Å². The molecular weight excluding hydrogens is 476 g/mol. The quantitative estimate of drug-likeness (QED) is 0.348. The van der Waals surface area contributed by atoms with E-state index < -0.39 is 11.7 Å². The predicted molar refractivity (Wildman–Crippen MR) is 110 cm³/mol. The van der Waals surface area contributed by atoms with Gasteiger partial charge in [0, 0.05) is 11.9 Å². The molecule has 0 bridgehead atoms. The number of hydrogen-bond donors (Lipinski definition) is 2. The molecule has 0 aliphatic rings. The molecule has 0 fully saturated rings. The SMILES string of the molecule is CCNC(=NCc1ccc(C(F)(F)F)cc1)NCc1csc(CC)n1.I. The Hall–Kier alpha value is -1.36. The van der Waals surface area contributed by atoms with Crippen LogP contribution in [0.25, 0.3) is 0 Å². The Morgan fingerprint density at radius 3 is 2.38 bits per heavy atom. The van der Waals surface area contributed by atoms with E-state index in [9.17, 15) is 13.2 Å². The summed E-state index contributed by atoms with van der Waals surface area (Å²) in [5.41, 5.74) is 1.01. The molecule has 144 valence electrons. The second kappa shape index (κ2) is 10.7. The van der Waals surface area contributed by atoms with Crippen molar-refractivity contribution in [3.63, 3.8) is 0 Å². The van der Waals surface area contributed by atoms with Gasteiger partial charge in [-0.15, -0.1) is 35.3 Å². The third-order valence-corrected chi connectivity index (χ3v) is 4.43. The normalized spacial score (nSPS) is 11.8. The first-order valence-corrected chi connectivity index (χ1v) is 8.92. The second-order valence-corrected chi connectivity index (χ2v) is 6.27. The molecule has 0 aliphatic heterocycles. The largest absolute Gasteiger partial charge is 0.416 e. The summed E-state index contributed by atoms with van der Waals surface area (Å²) in [6, 6.07) is 5.05. The summed E-state index contributed by atoms with van der Waals surface area (Å²) in [5, 5.41) is 9.39. The summed E-state index contributed by atoms with van der Waals surface area (Å²) in [4.78, 5) is 8.88. The maximum Gasteiger partial charge on any atom is 0.416 e. The van der Waals surface area contributed by atoms with Gasteiger partial charge in [0.05, 0.1) is 29.4 Å². The molecule has 1 aromatic carbocycles. The molecule has 9 heteroatoms. The van der Waals surface area contributed by atoms with Crippen LogP contribution in [0.15, 0.2) is 34.6 Å². The number of guanidine groups is 1. The van der Waals surface area contributed by atoms with Crippen LogP contribution in [-0.4, -0.2) is 17.5 Å². The lowest BCUT2D eigenvalue weighted by Crippen LogP contribution is -2.36. The van der Waals surface area contributed by atoms with Gasteiger partial charge >= 0.3 is 6.18 Å². The summed E-state index contributed by atoms with van der Waals surface area (Å²) >= 11 is 1.62. The zero-order valence-corrected chi connectivity index (χ0v) is 17.7. The average molecular weight is 498 g/mol. The van der Waals surface area contributed by atoms with E-state index in [0.29, 0.717) is 31.2 Å². The molecule has 0 aliphatic carbocycles. The highest BCUT2D eigenvalue weighted by atomic mass is 127. The molecule has 0 saturated carbocycles. The molecular formula is C17H22F3IN4S. The molecule has 0 radical (unpaired) electrons. The lowest BCUT2D eigenvalue weighted by atomic mass is 10.1. The van der Waals surface area contributed by atoms with Gasteiger partial charge < -0.3 is 10.6 Å². The van der Waals surface area contributed by atoms with Crippen molar-refractivity contribution in [3.05, 3.63) is 51.5 Å². The van der Waals surface area contributed by atoms with E-state index in [-0.39, 0.29) is 24.0 Å². The maximum absolute atomic E-state index is 12.6. The molecule has 0 spiro atoms. The molecule has 4 nitrogen and oxygen atoms in total. The number of halogens is 4. The molecule has 1 aromatic heterocycles. The van der Waals surface area contributed by atoms with Crippen molar-refractivity contribution >= 4 is 41.3 Å². The van der Waals surface area contributed by atoms with E-state index in [0.717, 1.165) is 29.3 Å². The molecule has 1 heterocycles. The van der Waals surface area contributed by atoms with Crippen LogP contribution in [0.1, 0.15) is 35.7 Å². The Bertz CT molecular complexity index is 699. The van der Waals surface area contributed by atoms with Crippen molar-refractivity contribution in [3.8, 4) is 0 Å². The number of benzene rings is 1. The molecule has 0 atom stereocenters. The highest BCUT2D eigenvalue weighted by Crippen LogP contribution is 2.29. The van der Waals surface area contributed by atoms with Gasteiger partial charge in [0.1, 0.15) is 0 Å². The van der Waals surface area contributed by atoms with E-state index in [4.69, 9.17) is 0 Å². The van der Waals surface area contributed by atoms with Gasteiger partial charge in [-0.1, -0.05) is 19.1 Å². The van der Waals surface area contributed by atoms with Crippen molar-refractivity contribution < 1.29 is 13.2 Å². The molecule has 2 rings (SSSR count). The van der Waals surface area contributed by atoms with Gasteiger partial charge in [0.15, 0.2) is 5.96 Å². The number of hydrogen-bond acceptors (Lipinski definition) is 3. The Morgan fingerprint density at radius 2 is 1.85 bits per heavy atom. The van der Waals surface area contributed by atoms with Gasteiger partial charge in [0.2, 0.25) is 0 Å². The fourth-order valence-electron chi connectivity index (χ4n) is 2.08. The number of nitrogens with one attached hydrogen (secondary N) is 2.